The van der Waals surface area contributed by atoms with Gasteiger partial charge in [0.15, 0.2) is 0 Å². The van der Waals surface area contributed by atoms with Crippen molar-refractivity contribution >= 4 is 50.5 Å². The van der Waals surface area contributed by atoms with Crippen LogP contribution in [0.1, 0.15) is 18.1 Å². The number of carbonyl (C=O) groups is 1. The van der Waals surface area contributed by atoms with E-state index in [-0.39, 0.29) is 18.1 Å². The minimum atomic E-state index is -1.06. The van der Waals surface area contributed by atoms with Crippen LogP contribution in [0.3, 0.4) is 0 Å². The normalized spacial score (nSPS) is 13.8. The summed E-state index contributed by atoms with van der Waals surface area (Å²) in [6.07, 6.45) is -1.39. The molecule has 0 saturated heterocycles. The molecule has 1 aromatic carbocycles. The number of methoxy groups -OCH3 is 1. The Balaban J connectivity index is 2.79. The first kappa shape index (κ1) is 18.8. The van der Waals surface area contributed by atoms with Crippen LogP contribution in [-0.4, -0.2) is 41.8 Å². The summed E-state index contributed by atoms with van der Waals surface area (Å²) in [5.41, 5.74) is 0.323. The Morgan fingerprint density at radius 3 is 2.67 bits per heavy atom. The molecule has 0 heterocycles. The van der Waals surface area contributed by atoms with E-state index < -0.39 is 18.2 Å². The highest BCUT2D eigenvalue weighted by atomic mass is 79.9. The molecule has 2 atom stereocenters. The molecule has 0 saturated carbocycles. The number of phenolic OH excluding ortho intramolecular Hbond substituents is 1. The number of aliphatic hydroxyl groups is 1. The van der Waals surface area contributed by atoms with Crippen LogP contribution in [0.15, 0.2) is 21.1 Å². The molecule has 5 nitrogen and oxygen atoms in total. The summed E-state index contributed by atoms with van der Waals surface area (Å²) in [5, 5.41) is 20.4. The van der Waals surface area contributed by atoms with Gasteiger partial charge >= 0.3 is 5.97 Å². The van der Waals surface area contributed by atoms with E-state index in [1.165, 1.54) is 7.11 Å². The number of aromatic hydroxyl groups is 1. The predicted octanol–water partition coefficient (Wildman–Crippen LogP) is 2.83. The number of phenols is 1. The van der Waals surface area contributed by atoms with Gasteiger partial charge in [0.05, 0.1) is 22.9 Å². The molecule has 0 aliphatic carbocycles. The van der Waals surface area contributed by atoms with Gasteiger partial charge in [0.2, 0.25) is 0 Å². The van der Waals surface area contributed by atoms with E-state index in [1.807, 2.05) is 0 Å². The lowest BCUT2D eigenvalue weighted by molar-refractivity contribution is -0.141. The second-order valence-electron chi connectivity index (χ2n) is 4.21. The average Bonchev–Trinajstić information content (AvgIpc) is 2.46. The number of aliphatic hydroxyl groups excluding tert-OH is 1. The number of rotatable bonds is 7. The van der Waals surface area contributed by atoms with E-state index >= 15 is 0 Å². The van der Waals surface area contributed by atoms with Crippen molar-refractivity contribution in [3.8, 4) is 5.75 Å². The fourth-order valence-electron chi connectivity index (χ4n) is 1.75. The van der Waals surface area contributed by atoms with Crippen molar-refractivity contribution in [3.05, 3.63) is 26.6 Å². The van der Waals surface area contributed by atoms with Crippen LogP contribution in [0.2, 0.25) is 0 Å². The summed E-state index contributed by atoms with van der Waals surface area (Å²) < 4.78 is 11.3. The van der Waals surface area contributed by atoms with E-state index in [9.17, 15) is 15.0 Å². The number of halogens is 2. The standard InChI is InChI=1S/C13H16Br2O5S/c1-19-10(2-3-20-11(16)6-21)13(18)8-4-7(14)5-9(15)12(8)17/h4-5,10,13,17-18,21H,2-3,6H2,1H3/t10-,13-/m1/s1. The van der Waals surface area contributed by atoms with Crippen LogP contribution >= 0.6 is 44.5 Å². The van der Waals surface area contributed by atoms with E-state index in [0.717, 1.165) is 0 Å². The molecular weight excluding hydrogens is 428 g/mol. The highest BCUT2D eigenvalue weighted by Crippen LogP contribution is 2.37. The smallest absolute Gasteiger partial charge is 0.315 e. The van der Waals surface area contributed by atoms with Crippen molar-refractivity contribution in [3.63, 3.8) is 0 Å². The molecule has 0 aliphatic rings. The lowest BCUT2D eigenvalue weighted by atomic mass is 10.0. The van der Waals surface area contributed by atoms with Crippen molar-refractivity contribution in [2.24, 2.45) is 0 Å². The molecule has 2 N–H and O–H groups in total. The van der Waals surface area contributed by atoms with Gasteiger partial charge < -0.3 is 19.7 Å². The van der Waals surface area contributed by atoms with Gasteiger partial charge in [-0.25, -0.2) is 0 Å². The second kappa shape index (κ2) is 8.99. The molecular formula is C13H16Br2O5S. The summed E-state index contributed by atoms with van der Waals surface area (Å²) in [5.74, 6) is -0.490. The Hall–Kier alpha value is -0.280. The number of benzene rings is 1. The summed E-state index contributed by atoms with van der Waals surface area (Å²) in [6, 6.07) is 3.28. The highest BCUT2D eigenvalue weighted by molar-refractivity contribution is 9.11. The zero-order valence-electron chi connectivity index (χ0n) is 11.3. The topological polar surface area (TPSA) is 76.0 Å². The Kier molecular flexibility index (Phi) is 8.04. The Morgan fingerprint density at radius 2 is 2.10 bits per heavy atom. The van der Waals surface area contributed by atoms with E-state index in [2.05, 4.69) is 44.5 Å². The van der Waals surface area contributed by atoms with Crippen LogP contribution < -0.4 is 0 Å². The maximum atomic E-state index is 11.0. The molecule has 21 heavy (non-hydrogen) atoms. The molecule has 0 radical (unpaired) electrons. The SMILES string of the molecule is CO[C@H](CCOC(=O)CS)[C@H](O)c1cc(Br)cc(Br)c1O. The highest BCUT2D eigenvalue weighted by Gasteiger charge is 2.25. The third kappa shape index (κ3) is 5.45. The lowest BCUT2D eigenvalue weighted by Gasteiger charge is -2.23. The van der Waals surface area contributed by atoms with E-state index in [0.29, 0.717) is 20.9 Å². The molecule has 118 valence electrons. The van der Waals surface area contributed by atoms with Crippen molar-refractivity contribution in [2.45, 2.75) is 18.6 Å². The molecule has 1 rings (SSSR count). The molecule has 0 unspecified atom stereocenters. The van der Waals surface area contributed by atoms with E-state index in [4.69, 9.17) is 9.47 Å². The largest absolute Gasteiger partial charge is 0.506 e. The number of hydrogen-bond acceptors (Lipinski definition) is 6. The summed E-state index contributed by atoms with van der Waals surface area (Å²) >= 11 is 10.3. The zero-order chi connectivity index (χ0) is 16.0. The number of thiol groups is 1. The first-order valence-electron chi connectivity index (χ1n) is 6.06. The third-order valence-electron chi connectivity index (χ3n) is 2.83. The van der Waals surface area contributed by atoms with Gasteiger partial charge in [-0.2, -0.15) is 12.6 Å². The molecule has 0 amide bonds. The lowest BCUT2D eigenvalue weighted by Crippen LogP contribution is -2.24. The van der Waals surface area contributed by atoms with Gasteiger partial charge in [0.1, 0.15) is 11.9 Å². The number of ether oxygens (including phenoxy) is 2. The second-order valence-corrected chi connectivity index (χ2v) is 6.30. The van der Waals surface area contributed by atoms with Crippen molar-refractivity contribution in [2.75, 3.05) is 19.5 Å². The van der Waals surface area contributed by atoms with Crippen LogP contribution in [0.5, 0.6) is 5.75 Å². The Bertz CT molecular complexity index is 498. The molecule has 8 heteroatoms. The van der Waals surface area contributed by atoms with Gasteiger partial charge in [-0.15, -0.1) is 0 Å². The summed E-state index contributed by atoms with van der Waals surface area (Å²) in [6.45, 7) is 0.102. The monoisotopic (exact) mass is 442 g/mol. The maximum Gasteiger partial charge on any atom is 0.315 e. The average molecular weight is 444 g/mol. The van der Waals surface area contributed by atoms with Crippen molar-refractivity contribution in [1.82, 2.24) is 0 Å². The molecule has 0 aliphatic heterocycles. The van der Waals surface area contributed by atoms with Crippen molar-refractivity contribution in [1.29, 1.82) is 0 Å². The third-order valence-corrected chi connectivity index (χ3v) is 4.15. The maximum absolute atomic E-state index is 11.0. The quantitative estimate of drug-likeness (QED) is 0.446. The molecule has 0 fully saturated rings. The molecule has 0 spiro atoms. The van der Waals surface area contributed by atoms with E-state index in [1.54, 1.807) is 12.1 Å². The number of esters is 1. The fourth-order valence-corrected chi connectivity index (χ4v) is 3.10. The van der Waals surface area contributed by atoms with Gasteiger partial charge in [0, 0.05) is 23.6 Å². The zero-order valence-corrected chi connectivity index (χ0v) is 15.3. The van der Waals surface area contributed by atoms with Gasteiger partial charge in [-0.3, -0.25) is 4.79 Å². The van der Waals surface area contributed by atoms with Gasteiger partial charge in [-0.1, -0.05) is 15.9 Å². The van der Waals surface area contributed by atoms with Crippen LogP contribution in [0.4, 0.5) is 0 Å². The minimum Gasteiger partial charge on any atom is -0.506 e. The molecule has 0 bridgehead atoms. The summed E-state index contributed by atoms with van der Waals surface area (Å²) in [4.78, 5) is 11.0. The van der Waals surface area contributed by atoms with Crippen molar-refractivity contribution < 1.29 is 24.5 Å². The Labute approximate surface area is 145 Å². The Morgan fingerprint density at radius 1 is 1.43 bits per heavy atom. The number of hydrogen-bond donors (Lipinski definition) is 3. The van der Waals surface area contributed by atoms with Crippen LogP contribution in [-0.2, 0) is 14.3 Å². The molecule has 1 aromatic rings. The van der Waals surface area contributed by atoms with Crippen LogP contribution in [0.25, 0.3) is 0 Å². The summed E-state index contributed by atoms with van der Waals surface area (Å²) in [7, 11) is 1.44. The first-order chi connectivity index (χ1) is 9.90. The fraction of sp³-hybridized carbons (Fsp3) is 0.462. The first-order valence-corrected chi connectivity index (χ1v) is 8.27. The van der Waals surface area contributed by atoms with Crippen LogP contribution in [0, 0.1) is 0 Å². The predicted molar refractivity (Wildman–Crippen MR) is 88.7 cm³/mol. The van der Waals surface area contributed by atoms with Gasteiger partial charge in [0.25, 0.3) is 0 Å². The van der Waals surface area contributed by atoms with Gasteiger partial charge in [-0.05, 0) is 28.1 Å². The minimum absolute atomic E-state index is 0.000427. The molecule has 0 aromatic heterocycles. The number of carbonyl (C=O) groups excluding carboxylic acids is 1.